The van der Waals surface area contributed by atoms with Crippen LogP contribution in [0.5, 0.6) is 0 Å². The third-order valence-corrected chi connectivity index (χ3v) is 3.77. The minimum atomic E-state index is 0.348. The molecule has 3 heterocycles. The molecule has 1 fully saturated rings. The lowest BCUT2D eigenvalue weighted by atomic mass is 10.1. The zero-order chi connectivity index (χ0) is 14.5. The first-order valence-electron chi connectivity index (χ1n) is 7.32. The van der Waals surface area contributed by atoms with E-state index in [0.29, 0.717) is 37.3 Å². The zero-order valence-corrected chi connectivity index (χ0v) is 12.2. The molecular formula is C15H20N4O2. The van der Waals surface area contributed by atoms with Crippen molar-refractivity contribution < 1.29 is 9.26 Å². The minimum Gasteiger partial charge on any atom is -0.384 e. The molecular weight excluding hydrogens is 268 g/mol. The van der Waals surface area contributed by atoms with Crippen molar-refractivity contribution in [3.63, 3.8) is 0 Å². The SMILES string of the molecule is COCCc1noc(CN2CCC[C@@H]2c2ccccn2)n1. The topological polar surface area (TPSA) is 64.3 Å². The van der Waals surface area contributed by atoms with Crippen LogP contribution in [0.15, 0.2) is 28.9 Å². The summed E-state index contributed by atoms with van der Waals surface area (Å²) in [6.45, 7) is 2.33. The Kier molecular flexibility index (Phi) is 4.57. The van der Waals surface area contributed by atoms with Gasteiger partial charge in [-0.15, -0.1) is 0 Å². The van der Waals surface area contributed by atoms with E-state index in [9.17, 15) is 0 Å². The third kappa shape index (κ3) is 3.46. The van der Waals surface area contributed by atoms with Gasteiger partial charge in [0, 0.05) is 19.7 Å². The number of likely N-dealkylation sites (tertiary alicyclic amines) is 1. The summed E-state index contributed by atoms with van der Waals surface area (Å²) in [7, 11) is 1.67. The highest BCUT2D eigenvalue weighted by molar-refractivity contribution is 5.10. The molecule has 1 aliphatic heterocycles. The van der Waals surface area contributed by atoms with Crippen molar-refractivity contribution in [2.75, 3.05) is 20.3 Å². The number of rotatable bonds is 6. The summed E-state index contributed by atoms with van der Waals surface area (Å²) in [5, 5.41) is 3.99. The van der Waals surface area contributed by atoms with E-state index in [1.807, 2.05) is 18.3 Å². The lowest BCUT2D eigenvalue weighted by Gasteiger charge is -2.21. The monoisotopic (exact) mass is 288 g/mol. The first-order chi connectivity index (χ1) is 10.4. The Morgan fingerprint density at radius 3 is 3.19 bits per heavy atom. The fourth-order valence-electron chi connectivity index (χ4n) is 2.75. The number of hydrogen-bond donors (Lipinski definition) is 0. The smallest absolute Gasteiger partial charge is 0.240 e. The maximum atomic E-state index is 5.33. The molecule has 6 nitrogen and oxygen atoms in total. The van der Waals surface area contributed by atoms with Crippen molar-refractivity contribution in [2.45, 2.75) is 31.8 Å². The Morgan fingerprint density at radius 1 is 1.43 bits per heavy atom. The quantitative estimate of drug-likeness (QED) is 0.810. The standard InChI is InChI=1S/C15H20N4O2/c1-20-10-7-14-17-15(21-18-14)11-19-9-4-6-13(19)12-5-2-3-8-16-12/h2-3,5,8,13H,4,6-7,9-11H2,1H3/t13-/m1/s1. The average molecular weight is 288 g/mol. The van der Waals surface area contributed by atoms with Gasteiger partial charge in [-0.1, -0.05) is 11.2 Å². The van der Waals surface area contributed by atoms with Crippen LogP contribution in [0.2, 0.25) is 0 Å². The highest BCUT2D eigenvalue weighted by Gasteiger charge is 2.28. The third-order valence-electron chi connectivity index (χ3n) is 3.77. The zero-order valence-electron chi connectivity index (χ0n) is 12.2. The molecule has 112 valence electrons. The van der Waals surface area contributed by atoms with E-state index in [4.69, 9.17) is 9.26 Å². The fourth-order valence-corrected chi connectivity index (χ4v) is 2.75. The van der Waals surface area contributed by atoms with Crippen molar-refractivity contribution in [2.24, 2.45) is 0 Å². The van der Waals surface area contributed by atoms with Crippen molar-refractivity contribution in [3.8, 4) is 0 Å². The molecule has 0 aromatic carbocycles. The van der Waals surface area contributed by atoms with E-state index in [0.717, 1.165) is 18.7 Å². The Labute approximate surface area is 124 Å². The predicted octanol–water partition coefficient (Wildman–Crippen LogP) is 1.99. The van der Waals surface area contributed by atoms with Crippen LogP contribution in [0.3, 0.4) is 0 Å². The largest absolute Gasteiger partial charge is 0.384 e. The van der Waals surface area contributed by atoms with E-state index < -0.39 is 0 Å². The van der Waals surface area contributed by atoms with Crippen LogP contribution < -0.4 is 0 Å². The Balaban J connectivity index is 1.65. The van der Waals surface area contributed by atoms with E-state index >= 15 is 0 Å². The predicted molar refractivity (Wildman–Crippen MR) is 76.5 cm³/mol. The molecule has 3 rings (SSSR count). The van der Waals surface area contributed by atoms with Gasteiger partial charge in [-0.2, -0.15) is 4.98 Å². The number of aromatic nitrogens is 3. The molecule has 1 saturated heterocycles. The summed E-state index contributed by atoms with van der Waals surface area (Å²) >= 11 is 0. The van der Waals surface area contributed by atoms with E-state index in [1.165, 1.54) is 6.42 Å². The van der Waals surface area contributed by atoms with Crippen molar-refractivity contribution in [1.82, 2.24) is 20.0 Å². The van der Waals surface area contributed by atoms with Gasteiger partial charge >= 0.3 is 0 Å². The van der Waals surface area contributed by atoms with Crippen LogP contribution >= 0.6 is 0 Å². The van der Waals surface area contributed by atoms with Gasteiger partial charge in [0.15, 0.2) is 5.82 Å². The molecule has 0 unspecified atom stereocenters. The molecule has 1 atom stereocenters. The fraction of sp³-hybridized carbons (Fsp3) is 0.533. The molecule has 2 aromatic rings. The summed E-state index contributed by atoms with van der Waals surface area (Å²) in [5.74, 6) is 1.38. The lowest BCUT2D eigenvalue weighted by Crippen LogP contribution is -2.23. The average Bonchev–Trinajstić information content (AvgIpc) is 3.16. The maximum Gasteiger partial charge on any atom is 0.240 e. The van der Waals surface area contributed by atoms with Gasteiger partial charge in [-0.3, -0.25) is 9.88 Å². The van der Waals surface area contributed by atoms with Crippen LogP contribution in [0, 0.1) is 0 Å². The van der Waals surface area contributed by atoms with E-state index in [-0.39, 0.29) is 0 Å². The highest BCUT2D eigenvalue weighted by atomic mass is 16.5. The molecule has 6 heteroatoms. The van der Waals surface area contributed by atoms with E-state index in [1.54, 1.807) is 7.11 Å². The number of methoxy groups -OCH3 is 1. The molecule has 0 amide bonds. The van der Waals surface area contributed by atoms with Crippen molar-refractivity contribution in [1.29, 1.82) is 0 Å². The first-order valence-corrected chi connectivity index (χ1v) is 7.32. The normalized spacial score (nSPS) is 19.2. The molecule has 0 spiro atoms. The summed E-state index contributed by atoms with van der Waals surface area (Å²) in [5.41, 5.74) is 1.12. The maximum absolute atomic E-state index is 5.33. The van der Waals surface area contributed by atoms with Crippen LogP contribution in [0.25, 0.3) is 0 Å². The number of pyridine rings is 1. The summed E-state index contributed by atoms with van der Waals surface area (Å²) in [6.07, 6.45) is 4.83. The molecule has 1 aliphatic rings. The van der Waals surface area contributed by atoms with Gasteiger partial charge < -0.3 is 9.26 Å². The van der Waals surface area contributed by atoms with Gasteiger partial charge in [-0.25, -0.2) is 0 Å². The summed E-state index contributed by atoms with van der Waals surface area (Å²) in [6, 6.07) is 6.42. The Bertz CT molecular complexity index is 558. The van der Waals surface area contributed by atoms with E-state index in [2.05, 4.69) is 26.1 Å². The van der Waals surface area contributed by atoms with Crippen molar-refractivity contribution >= 4 is 0 Å². The molecule has 0 N–H and O–H groups in total. The lowest BCUT2D eigenvalue weighted by molar-refractivity contribution is 0.198. The van der Waals surface area contributed by atoms with Gasteiger partial charge in [-0.05, 0) is 31.5 Å². The number of ether oxygens (including phenoxy) is 1. The van der Waals surface area contributed by atoms with Gasteiger partial charge in [0.25, 0.3) is 0 Å². The minimum absolute atomic E-state index is 0.348. The summed E-state index contributed by atoms with van der Waals surface area (Å²) < 4.78 is 10.4. The Morgan fingerprint density at radius 2 is 2.38 bits per heavy atom. The first kappa shape index (κ1) is 14.2. The molecule has 21 heavy (non-hydrogen) atoms. The van der Waals surface area contributed by atoms with Crippen LogP contribution in [0.1, 0.15) is 36.3 Å². The number of nitrogens with zero attached hydrogens (tertiary/aromatic N) is 4. The highest BCUT2D eigenvalue weighted by Crippen LogP contribution is 2.31. The Hall–Kier alpha value is -1.79. The second-order valence-electron chi connectivity index (χ2n) is 5.23. The summed E-state index contributed by atoms with van der Waals surface area (Å²) in [4.78, 5) is 11.3. The number of hydrogen-bond acceptors (Lipinski definition) is 6. The molecule has 2 aromatic heterocycles. The van der Waals surface area contributed by atoms with Crippen molar-refractivity contribution in [3.05, 3.63) is 41.8 Å². The second kappa shape index (κ2) is 6.78. The van der Waals surface area contributed by atoms with Gasteiger partial charge in [0.05, 0.1) is 24.9 Å². The second-order valence-corrected chi connectivity index (χ2v) is 5.23. The van der Waals surface area contributed by atoms with Crippen LogP contribution in [-0.4, -0.2) is 40.3 Å². The molecule has 0 radical (unpaired) electrons. The molecule has 0 saturated carbocycles. The van der Waals surface area contributed by atoms with Crippen LogP contribution in [0.4, 0.5) is 0 Å². The molecule has 0 aliphatic carbocycles. The molecule has 0 bridgehead atoms. The van der Waals surface area contributed by atoms with Gasteiger partial charge in [0.1, 0.15) is 0 Å². The van der Waals surface area contributed by atoms with Crippen LogP contribution in [-0.2, 0) is 17.7 Å². The van der Waals surface area contributed by atoms with Gasteiger partial charge in [0.2, 0.25) is 5.89 Å².